The highest BCUT2D eigenvalue weighted by Gasteiger charge is 2.33. The van der Waals surface area contributed by atoms with E-state index in [4.69, 9.17) is 4.74 Å². The zero-order valence-electron chi connectivity index (χ0n) is 19.4. The van der Waals surface area contributed by atoms with E-state index in [2.05, 4.69) is 28.9 Å². The number of aliphatic carboxylic acids is 1. The molecule has 2 heterocycles. The number of carbonyl (C=O) groups is 2. The molecule has 0 radical (unpaired) electrons. The topological polar surface area (TPSA) is 84.7 Å². The summed E-state index contributed by atoms with van der Waals surface area (Å²) in [4.78, 5) is 32.5. The highest BCUT2D eigenvalue weighted by molar-refractivity contribution is 5.99. The number of rotatable bonds is 8. The Bertz CT molecular complexity index is 1130. The van der Waals surface area contributed by atoms with Crippen LogP contribution in [0.5, 0.6) is 5.75 Å². The summed E-state index contributed by atoms with van der Waals surface area (Å²) in [5.41, 5.74) is 2.57. The molecule has 0 bridgehead atoms. The lowest BCUT2D eigenvalue weighted by molar-refractivity contribution is -0.140. The summed E-state index contributed by atoms with van der Waals surface area (Å²) in [6, 6.07) is 14.9. The molecule has 0 amide bonds. The fourth-order valence-corrected chi connectivity index (χ4v) is 4.83. The number of para-hydroxylation sites is 2. The first-order chi connectivity index (χ1) is 15.9. The van der Waals surface area contributed by atoms with Gasteiger partial charge in [-0.2, -0.15) is 0 Å². The lowest BCUT2D eigenvalue weighted by Crippen LogP contribution is -2.38. The van der Waals surface area contributed by atoms with E-state index in [0.717, 1.165) is 31.7 Å². The summed E-state index contributed by atoms with van der Waals surface area (Å²) in [6.07, 6.45) is 1.84. The third kappa shape index (κ3) is 4.50. The quantitative estimate of drug-likeness (QED) is 0.500. The number of Topliss-reactive ketones (excluding diaryl/α,β-unsaturated/α-hetero) is 1. The number of benzene rings is 2. The lowest BCUT2D eigenvalue weighted by Gasteiger charge is -2.35. The maximum absolute atomic E-state index is 13.5. The van der Waals surface area contributed by atoms with Crippen LogP contribution in [0.1, 0.15) is 61.4 Å². The molecule has 0 spiro atoms. The number of hydrogen-bond donors (Lipinski definition) is 1. The number of ether oxygens (including phenoxy) is 1. The van der Waals surface area contributed by atoms with E-state index in [0.29, 0.717) is 17.5 Å². The Hall–Kier alpha value is -3.19. The van der Waals surface area contributed by atoms with Gasteiger partial charge in [0.15, 0.2) is 5.82 Å². The van der Waals surface area contributed by atoms with Crippen LogP contribution in [-0.2, 0) is 4.79 Å². The molecule has 33 heavy (non-hydrogen) atoms. The average Bonchev–Trinajstić information content (AvgIpc) is 3.23. The Balaban J connectivity index is 1.52. The Morgan fingerprint density at radius 3 is 2.39 bits per heavy atom. The van der Waals surface area contributed by atoms with Crippen LogP contribution < -0.4 is 4.74 Å². The second-order valence-corrected chi connectivity index (χ2v) is 8.68. The van der Waals surface area contributed by atoms with Gasteiger partial charge in [0, 0.05) is 12.0 Å². The van der Waals surface area contributed by atoms with E-state index in [1.54, 1.807) is 11.7 Å². The number of carboxylic acid groups (broad SMARTS) is 1. The van der Waals surface area contributed by atoms with Gasteiger partial charge in [0.1, 0.15) is 11.8 Å². The Kier molecular flexibility index (Phi) is 6.79. The third-order valence-electron chi connectivity index (χ3n) is 6.85. The van der Waals surface area contributed by atoms with E-state index in [9.17, 15) is 14.7 Å². The largest absolute Gasteiger partial charge is 0.497 e. The smallest absolute Gasteiger partial charge is 0.326 e. The van der Waals surface area contributed by atoms with Crippen molar-refractivity contribution in [2.24, 2.45) is 5.92 Å². The Labute approximate surface area is 194 Å². The predicted octanol–water partition coefficient (Wildman–Crippen LogP) is 4.74. The summed E-state index contributed by atoms with van der Waals surface area (Å²) < 4.78 is 6.88. The van der Waals surface area contributed by atoms with E-state index >= 15 is 0 Å². The van der Waals surface area contributed by atoms with Crippen LogP contribution in [-0.4, -0.2) is 51.5 Å². The minimum atomic E-state index is -0.946. The zero-order chi connectivity index (χ0) is 23.5. The molecule has 0 saturated carbocycles. The summed E-state index contributed by atoms with van der Waals surface area (Å²) in [5, 5.41) is 9.78. The molecular formula is C26H31N3O4. The van der Waals surface area contributed by atoms with Crippen molar-refractivity contribution >= 4 is 22.8 Å². The van der Waals surface area contributed by atoms with Crippen LogP contribution in [0.2, 0.25) is 0 Å². The van der Waals surface area contributed by atoms with Crippen LogP contribution in [0.15, 0.2) is 48.5 Å². The van der Waals surface area contributed by atoms with Gasteiger partial charge in [0.25, 0.3) is 0 Å². The van der Waals surface area contributed by atoms with Crippen molar-refractivity contribution in [2.45, 2.75) is 45.2 Å². The van der Waals surface area contributed by atoms with Gasteiger partial charge >= 0.3 is 5.97 Å². The van der Waals surface area contributed by atoms with Crippen LogP contribution in [0.3, 0.4) is 0 Å². The van der Waals surface area contributed by atoms with Crippen LogP contribution >= 0.6 is 0 Å². The SMILES string of the molecule is CCC(C(=O)O)n1c(C(=O)C2CCN(C(C)c3ccc(OC)cc3)CC2)nc2ccccc21. The molecule has 2 atom stereocenters. The molecule has 2 unspecified atom stereocenters. The first kappa shape index (κ1) is 23.0. The fourth-order valence-electron chi connectivity index (χ4n) is 4.83. The van der Waals surface area contributed by atoms with Gasteiger partial charge in [-0.3, -0.25) is 9.69 Å². The van der Waals surface area contributed by atoms with Crippen LogP contribution in [0.4, 0.5) is 0 Å². The van der Waals surface area contributed by atoms with Crippen molar-refractivity contribution in [3.63, 3.8) is 0 Å². The Morgan fingerprint density at radius 2 is 1.79 bits per heavy atom. The second kappa shape index (κ2) is 9.75. The molecule has 1 fully saturated rings. The van der Waals surface area contributed by atoms with Crippen molar-refractivity contribution in [1.82, 2.24) is 14.5 Å². The normalized spacial score (nSPS) is 17.1. The van der Waals surface area contributed by atoms with Gasteiger partial charge in [-0.15, -0.1) is 0 Å². The fraction of sp³-hybridized carbons (Fsp3) is 0.423. The molecule has 7 nitrogen and oxygen atoms in total. The molecule has 3 aromatic rings. The molecule has 1 aromatic heterocycles. The monoisotopic (exact) mass is 449 g/mol. The first-order valence-corrected chi connectivity index (χ1v) is 11.6. The van der Waals surface area contributed by atoms with Gasteiger partial charge in [0.2, 0.25) is 5.78 Å². The number of fused-ring (bicyclic) bond motifs is 1. The molecule has 0 aliphatic carbocycles. The Morgan fingerprint density at radius 1 is 1.12 bits per heavy atom. The number of carbonyl (C=O) groups excluding carboxylic acids is 1. The molecule has 2 aromatic carbocycles. The van der Waals surface area contributed by atoms with Gasteiger partial charge < -0.3 is 14.4 Å². The number of likely N-dealkylation sites (tertiary alicyclic amines) is 1. The van der Waals surface area contributed by atoms with E-state index in [1.165, 1.54) is 5.56 Å². The van der Waals surface area contributed by atoms with Crippen molar-refractivity contribution in [1.29, 1.82) is 0 Å². The number of imidazole rings is 1. The number of carboxylic acids is 1. The van der Waals surface area contributed by atoms with Gasteiger partial charge in [-0.1, -0.05) is 31.2 Å². The standard InChI is InChI=1S/C26H31N3O4/c1-4-22(26(31)32)29-23-8-6-5-7-21(23)27-25(29)24(30)19-13-15-28(16-14-19)17(2)18-9-11-20(33-3)12-10-18/h5-12,17,19,22H,4,13-16H2,1-3H3,(H,31,32). The lowest BCUT2D eigenvalue weighted by atomic mass is 9.90. The van der Waals surface area contributed by atoms with Crippen molar-refractivity contribution in [3.8, 4) is 5.75 Å². The first-order valence-electron chi connectivity index (χ1n) is 11.6. The highest BCUT2D eigenvalue weighted by atomic mass is 16.5. The molecular weight excluding hydrogens is 418 g/mol. The predicted molar refractivity (Wildman–Crippen MR) is 127 cm³/mol. The average molecular weight is 450 g/mol. The van der Waals surface area contributed by atoms with Crippen LogP contribution in [0, 0.1) is 5.92 Å². The number of nitrogens with zero attached hydrogens (tertiary/aromatic N) is 3. The molecule has 174 valence electrons. The molecule has 1 saturated heterocycles. The number of aromatic nitrogens is 2. The highest BCUT2D eigenvalue weighted by Crippen LogP contribution is 2.31. The molecule has 4 rings (SSSR count). The van der Waals surface area contributed by atoms with E-state index in [-0.39, 0.29) is 23.6 Å². The van der Waals surface area contributed by atoms with Gasteiger partial charge in [-0.25, -0.2) is 9.78 Å². The number of piperidine rings is 1. The number of methoxy groups -OCH3 is 1. The minimum Gasteiger partial charge on any atom is -0.497 e. The van der Waals surface area contributed by atoms with E-state index < -0.39 is 12.0 Å². The van der Waals surface area contributed by atoms with Crippen molar-refractivity contribution in [2.75, 3.05) is 20.2 Å². The second-order valence-electron chi connectivity index (χ2n) is 8.68. The maximum Gasteiger partial charge on any atom is 0.326 e. The minimum absolute atomic E-state index is 0.0531. The zero-order valence-corrected chi connectivity index (χ0v) is 19.4. The van der Waals surface area contributed by atoms with E-state index in [1.807, 2.05) is 43.3 Å². The van der Waals surface area contributed by atoms with Crippen molar-refractivity contribution in [3.05, 3.63) is 59.9 Å². The third-order valence-corrected chi connectivity index (χ3v) is 6.85. The summed E-state index contributed by atoms with van der Waals surface area (Å²) in [6.45, 7) is 5.61. The number of hydrogen-bond acceptors (Lipinski definition) is 5. The molecule has 1 N–H and O–H groups in total. The molecule has 1 aliphatic heterocycles. The summed E-state index contributed by atoms with van der Waals surface area (Å²) in [5.74, 6) is -0.0522. The maximum atomic E-state index is 13.5. The molecule has 7 heteroatoms. The van der Waals surface area contributed by atoms with Crippen LogP contribution in [0.25, 0.3) is 11.0 Å². The molecule has 1 aliphatic rings. The summed E-state index contributed by atoms with van der Waals surface area (Å²) >= 11 is 0. The van der Waals surface area contributed by atoms with Crippen molar-refractivity contribution < 1.29 is 19.4 Å². The van der Waals surface area contributed by atoms with Gasteiger partial charge in [0.05, 0.1) is 18.1 Å². The number of ketones is 1. The summed E-state index contributed by atoms with van der Waals surface area (Å²) in [7, 11) is 1.66. The van der Waals surface area contributed by atoms with Gasteiger partial charge in [-0.05, 0) is 69.1 Å².